The number of ether oxygens (including phenoxy) is 2. The first-order chi connectivity index (χ1) is 12.6. The molecular weight excluding hydrogens is 332 g/mol. The van der Waals surface area contributed by atoms with Crippen LogP contribution in [0.2, 0.25) is 0 Å². The van der Waals surface area contributed by atoms with Gasteiger partial charge in [-0.2, -0.15) is 0 Å². The number of carbonyl (C=O) groups is 1. The number of benzene rings is 2. The van der Waals surface area contributed by atoms with Gasteiger partial charge in [0.25, 0.3) is 0 Å². The first-order valence-corrected chi connectivity index (χ1v) is 8.11. The SMILES string of the molecule is C=CCOC(=O)COc1cc(C)cc2oc(=O)cc(-c3ccccc3)c12. The van der Waals surface area contributed by atoms with E-state index in [9.17, 15) is 9.59 Å². The van der Waals surface area contributed by atoms with E-state index in [1.807, 2.05) is 37.3 Å². The van der Waals surface area contributed by atoms with Crippen molar-refractivity contribution in [2.45, 2.75) is 6.92 Å². The highest BCUT2D eigenvalue weighted by Crippen LogP contribution is 2.35. The first kappa shape index (κ1) is 17.5. The van der Waals surface area contributed by atoms with Crippen LogP contribution in [0.25, 0.3) is 22.1 Å². The molecule has 0 aliphatic heterocycles. The van der Waals surface area contributed by atoms with Crippen molar-refractivity contribution < 1.29 is 18.7 Å². The Hall–Kier alpha value is -3.34. The molecule has 3 rings (SSSR count). The van der Waals surface area contributed by atoms with Gasteiger partial charge in [0.1, 0.15) is 17.9 Å². The lowest BCUT2D eigenvalue weighted by Gasteiger charge is -2.13. The monoisotopic (exact) mass is 350 g/mol. The molecule has 0 unspecified atom stereocenters. The van der Waals surface area contributed by atoms with Gasteiger partial charge in [-0.15, -0.1) is 0 Å². The van der Waals surface area contributed by atoms with Gasteiger partial charge in [-0.1, -0.05) is 43.0 Å². The van der Waals surface area contributed by atoms with Gasteiger partial charge in [-0.25, -0.2) is 9.59 Å². The third-order valence-electron chi connectivity index (χ3n) is 3.74. The number of carbonyl (C=O) groups excluding carboxylic acids is 1. The Labute approximate surface area is 150 Å². The van der Waals surface area contributed by atoms with Gasteiger partial charge in [0.2, 0.25) is 0 Å². The van der Waals surface area contributed by atoms with Crippen molar-refractivity contribution in [3.63, 3.8) is 0 Å². The van der Waals surface area contributed by atoms with E-state index in [4.69, 9.17) is 13.9 Å². The van der Waals surface area contributed by atoms with Crippen LogP contribution < -0.4 is 10.4 Å². The molecule has 0 amide bonds. The summed E-state index contributed by atoms with van der Waals surface area (Å²) in [4.78, 5) is 23.7. The third kappa shape index (κ3) is 3.83. The second-order valence-corrected chi connectivity index (χ2v) is 5.74. The number of hydrogen-bond acceptors (Lipinski definition) is 5. The average molecular weight is 350 g/mol. The second-order valence-electron chi connectivity index (χ2n) is 5.74. The van der Waals surface area contributed by atoms with Crippen molar-refractivity contribution in [3.8, 4) is 16.9 Å². The summed E-state index contributed by atoms with van der Waals surface area (Å²) in [7, 11) is 0. The molecule has 0 aliphatic carbocycles. The van der Waals surface area contributed by atoms with Crippen LogP contribution in [-0.2, 0) is 9.53 Å². The van der Waals surface area contributed by atoms with Gasteiger partial charge in [0.05, 0.1) is 5.39 Å². The van der Waals surface area contributed by atoms with Crippen LogP contribution in [0.5, 0.6) is 5.75 Å². The van der Waals surface area contributed by atoms with Crippen LogP contribution in [0.4, 0.5) is 0 Å². The lowest BCUT2D eigenvalue weighted by atomic mass is 10.0. The smallest absolute Gasteiger partial charge is 0.344 e. The summed E-state index contributed by atoms with van der Waals surface area (Å²) in [6, 6.07) is 14.5. The van der Waals surface area contributed by atoms with Crippen LogP contribution in [0, 0.1) is 6.92 Å². The normalized spacial score (nSPS) is 10.5. The molecule has 5 nitrogen and oxygen atoms in total. The molecule has 1 heterocycles. The van der Waals surface area contributed by atoms with Crippen LogP contribution in [-0.4, -0.2) is 19.2 Å². The summed E-state index contributed by atoms with van der Waals surface area (Å²) in [6.07, 6.45) is 1.49. The van der Waals surface area contributed by atoms with Crippen LogP contribution in [0.3, 0.4) is 0 Å². The summed E-state index contributed by atoms with van der Waals surface area (Å²) >= 11 is 0. The molecule has 0 saturated heterocycles. The molecular formula is C21H18O5. The van der Waals surface area contributed by atoms with Crippen molar-refractivity contribution in [3.05, 3.63) is 77.2 Å². The van der Waals surface area contributed by atoms with Crippen molar-refractivity contribution in [1.29, 1.82) is 0 Å². The zero-order chi connectivity index (χ0) is 18.5. The first-order valence-electron chi connectivity index (χ1n) is 8.11. The summed E-state index contributed by atoms with van der Waals surface area (Å²) < 4.78 is 16.0. The molecule has 132 valence electrons. The second kappa shape index (κ2) is 7.70. The maximum Gasteiger partial charge on any atom is 0.344 e. The topological polar surface area (TPSA) is 65.7 Å². The van der Waals surface area contributed by atoms with E-state index in [0.29, 0.717) is 22.3 Å². The van der Waals surface area contributed by atoms with Gasteiger partial charge in [0.15, 0.2) is 6.61 Å². The lowest BCUT2D eigenvalue weighted by Crippen LogP contribution is -2.15. The van der Waals surface area contributed by atoms with Crippen molar-refractivity contribution in [2.75, 3.05) is 13.2 Å². The number of hydrogen-bond donors (Lipinski definition) is 0. The minimum Gasteiger partial charge on any atom is -0.481 e. The molecule has 0 atom stereocenters. The Morgan fingerprint density at radius 2 is 1.96 bits per heavy atom. The van der Waals surface area contributed by atoms with E-state index in [-0.39, 0.29) is 13.2 Å². The predicted octanol–water partition coefficient (Wildman–Crippen LogP) is 3.88. The van der Waals surface area contributed by atoms with Crippen molar-refractivity contribution in [2.24, 2.45) is 0 Å². The highest BCUT2D eigenvalue weighted by atomic mass is 16.6. The molecule has 0 fully saturated rings. The van der Waals surface area contributed by atoms with Crippen molar-refractivity contribution >= 4 is 16.9 Å². The standard InChI is InChI=1S/C21H18O5/c1-3-9-24-20(23)13-25-17-10-14(2)11-18-21(17)16(12-19(22)26-18)15-7-5-4-6-8-15/h3-8,10-12H,1,9,13H2,2H3. The van der Waals surface area contributed by atoms with Gasteiger partial charge >= 0.3 is 11.6 Å². The van der Waals surface area contributed by atoms with Crippen molar-refractivity contribution in [1.82, 2.24) is 0 Å². The highest BCUT2D eigenvalue weighted by molar-refractivity contribution is 5.98. The van der Waals surface area contributed by atoms with Gasteiger partial charge in [-0.05, 0) is 30.2 Å². The maximum atomic E-state index is 12.0. The molecule has 2 aromatic carbocycles. The van der Waals surface area contributed by atoms with Gasteiger partial charge in [0, 0.05) is 11.6 Å². The fourth-order valence-electron chi connectivity index (χ4n) is 2.68. The molecule has 3 aromatic rings. The Morgan fingerprint density at radius 3 is 2.69 bits per heavy atom. The van der Waals surface area contributed by atoms with Crippen LogP contribution in [0.15, 0.2) is 70.4 Å². The predicted molar refractivity (Wildman–Crippen MR) is 99.3 cm³/mol. The maximum absolute atomic E-state index is 12.0. The molecule has 26 heavy (non-hydrogen) atoms. The Morgan fingerprint density at radius 1 is 1.19 bits per heavy atom. The number of aryl methyl sites for hydroxylation is 1. The molecule has 0 saturated carbocycles. The minimum absolute atomic E-state index is 0.126. The van der Waals surface area contributed by atoms with Crippen LogP contribution in [0.1, 0.15) is 5.56 Å². The third-order valence-corrected chi connectivity index (χ3v) is 3.74. The van der Waals surface area contributed by atoms with E-state index < -0.39 is 11.6 Å². The zero-order valence-corrected chi connectivity index (χ0v) is 14.4. The highest BCUT2D eigenvalue weighted by Gasteiger charge is 2.15. The Bertz CT molecular complexity index is 1000. The number of esters is 1. The summed E-state index contributed by atoms with van der Waals surface area (Å²) in [6.45, 7) is 5.23. The molecule has 0 spiro atoms. The van der Waals surface area contributed by atoms with E-state index in [1.54, 1.807) is 12.1 Å². The fraction of sp³-hybridized carbons (Fsp3) is 0.143. The molecule has 0 bridgehead atoms. The van der Waals surface area contributed by atoms with E-state index in [0.717, 1.165) is 11.1 Å². The quantitative estimate of drug-likeness (QED) is 0.383. The summed E-state index contributed by atoms with van der Waals surface area (Å²) in [5.41, 5.74) is 2.35. The summed E-state index contributed by atoms with van der Waals surface area (Å²) in [5.74, 6) is -0.0450. The summed E-state index contributed by atoms with van der Waals surface area (Å²) in [5, 5.41) is 0.637. The Kier molecular flexibility index (Phi) is 5.17. The lowest BCUT2D eigenvalue weighted by molar-refractivity contribution is -0.144. The van der Waals surface area contributed by atoms with E-state index >= 15 is 0 Å². The fourth-order valence-corrected chi connectivity index (χ4v) is 2.68. The molecule has 5 heteroatoms. The number of fused-ring (bicyclic) bond motifs is 1. The van der Waals surface area contributed by atoms with Crippen LogP contribution >= 0.6 is 0 Å². The average Bonchev–Trinajstić information content (AvgIpc) is 2.64. The molecule has 0 aliphatic rings. The number of rotatable bonds is 6. The molecule has 0 N–H and O–H groups in total. The molecule has 0 radical (unpaired) electrons. The van der Waals surface area contributed by atoms with E-state index in [1.165, 1.54) is 12.1 Å². The largest absolute Gasteiger partial charge is 0.481 e. The molecule has 1 aromatic heterocycles. The minimum atomic E-state index is -0.502. The van der Waals surface area contributed by atoms with E-state index in [2.05, 4.69) is 6.58 Å². The van der Waals surface area contributed by atoms with Gasteiger partial charge in [-0.3, -0.25) is 0 Å². The van der Waals surface area contributed by atoms with Gasteiger partial charge < -0.3 is 13.9 Å². The Balaban J connectivity index is 2.09. The zero-order valence-electron chi connectivity index (χ0n) is 14.4.